The van der Waals surface area contributed by atoms with Crippen molar-refractivity contribution in [1.82, 2.24) is 10.1 Å². The van der Waals surface area contributed by atoms with Crippen LogP contribution in [0, 0.1) is 6.92 Å². The first-order valence-corrected chi connectivity index (χ1v) is 4.62. The van der Waals surface area contributed by atoms with Gasteiger partial charge in [-0.05, 0) is 19.4 Å². The van der Waals surface area contributed by atoms with E-state index in [1.807, 2.05) is 6.92 Å². The van der Waals surface area contributed by atoms with Crippen molar-refractivity contribution in [3.05, 3.63) is 23.0 Å². The first-order valence-electron chi connectivity index (χ1n) is 4.62. The highest BCUT2D eigenvalue weighted by atomic mass is 16.5. The lowest BCUT2D eigenvalue weighted by molar-refractivity contribution is 0.0698. The number of fused-ring (bicyclic) bond motifs is 1. The van der Waals surface area contributed by atoms with Gasteiger partial charge in [0.1, 0.15) is 0 Å². The Bertz CT molecular complexity index is 531. The van der Waals surface area contributed by atoms with Gasteiger partial charge < -0.3 is 9.63 Å². The minimum Gasteiger partial charge on any atom is -0.478 e. The molecular formula is C10H10N2O3. The van der Waals surface area contributed by atoms with E-state index in [0.29, 0.717) is 28.9 Å². The maximum absolute atomic E-state index is 11.0. The summed E-state index contributed by atoms with van der Waals surface area (Å²) in [6, 6.07) is 1.53. The van der Waals surface area contributed by atoms with E-state index >= 15 is 0 Å². The average molecular weight is 206 g/mol. The second-order valence-corrected chi connectivity index (χ2v) is 3.28. The Kier molecular flexibility index (Phi) is 2.15. The predicted molar refractivity (Wildman–Crippen MR) is 52.9 cm³/mol. The summed E-state index contributed by atoms with van der Waals surface area (Å²) >= 11 is 0. The maximum atomic E-state index is 11.0. The lowest BCUT2D eigenvalue weighted by Gasteiger charge is -1.98. The van der Waals surface area contributed by atoms with Gasteiger partial charge in [-0.2, -0.15) is 0 Å². The van der Waals surface area contributed by atoms with E-state index in [1.165, 1.54) is 6.07 Å². The molecule has 15 heavy (non-hydrogen) atoms. The van der Waals surface area contributed by atoms with Gasteiger partial charge in [0.05, 0.1) is 16.6 Å². The van der Waals surface area contributed by atoms with Crippen molar-refractivity contribution < 1.29 is 14.4 Å². The molecule has 0 aliphatic heterocycles. The van der Waals surface area contributed by atoms with Crippen LogP contribution in [-0.4, -0.2) is 21.2 Å². The summed E-state index contributed by atoms with van der Waals surface area (Å²) in [6.45, 7) is 3.61. The van der Waals surface area contributed by atoms with Crippen LogP contribution in [0.25, 0.3) is 11.1 Å². The zero-order valence-electron chi connectivity index (χ0n) is 8.44. The molecule has 0 bridgehead atoms. The van der Waals surface area contributed by atoms with Crippen LogP contribution < -0.4 is 0 Å². The molecule has 0 saturated heterocycles. The number of carboxylic acids is 1. The molecule has 0 aromatic carbocycles. The molecule has 1 N–H and O–H groups in total. The number of hydrogen-bond acceptors (Lipinski definition) is 4. The summed E-state index contributed by atoms with van der Waals surface area (Å²) < 4.78 is 4.99. The Morgan fingerprint density at radius 1 is 1.60 bits per heavy atom. The van der Waals surface area contributed by atoms with Gasteiger partial charge in [0.25, 0.3) is 5.71 Å². The van der Waals surface area contributed by atoms with Crippen molar-refractivity contribution in [3.8, 4) is 0 Å². The molecule has 0 aliphatic rings. The summed E-state index contributed by atoms with van der Waals surface area (Å²) in [5.41, 5.74) is 1.74. The molecule has 5 heteroatoms. The Morgan fingerprint density at radius 2 is 2.33 bits per heavy atom. The van der Waals surface area contributed by atoms with E-state index in [4.69, 9.17) is 9.63 Å². The standard InChI is InChI=1S/C10H10N2O3/c1-3-7-8-6(10(13)14)4-5(2)11-9(8)15-12-7/h4H,3H2,1-2H3,(H,13,14). The lowest BCUT2D eigenvalue weighted by Crippen LogP contribution is -2.00. The highest BCUT2D eigenvalue weighted by Crippen LogP contribution is 2.22. The Balaban J connectivity index is 2.85. The van der Waals surface area contributed by atoms with E-state index in [9.17, 15) is 4.79 Å². The van der Waals surface area contributed by atoms with Crippen molar-refractivity contribution in [1.29, 1.82) is 0 Å². The molecule has 2 aromatic heterocycles. The Hall–Kier alpha value is -1.91. The number of hydrogen-bond donors (Lipinski definition) is 1. The molecule has 2 heterocycles. The summed E-state index contributed by atoms with van der Waals surface area (Å²) in [5.74, 6) is -0.983. The van der Waals surface area contributed by atoms with Gasteiger partial charge in [0.15, 0.2) is 0 Å². The SMILES string of the molecule is CCc1noc2nc(C)cc(C(=O)O)c12. The Labute approximate surface area is 85.7 Å². The van der Waals surface area contributed by atoms with Crippen LogP contribution in [0.2, 0.25) is 0 Å². The molecule has 0 radical (unpaired) electrons. The molecule has 0 spiro atoms. The van der Waals surface area contributed by atoms with Gasteiger partial charge in [-0.25, -0.2) is 9.78 Å². The number of carboxylic acid groups (broad SMARTS) is 1. The summed E-state index contributed by atoms with van der Waals surface area (Å²) in [4.78, 5) is 15.1. The van der Waals surface area contributed by atoms with Crippen LogP contribution >= 0.6 is 0 Å². The van der Waals surface area contributed by atoms with E-state index in [2.05, 4.69) is 10.1 Å². The molecule has 78 valence electrons. The fraction of sp³-hybridized carbons (Fsp3) is 0.300. The third-order valence-corrected chi connectivity index (χ3v) is 2.21. The molecule has 0 saturated carbocycles. The van der Waals surface area contributed by atoms with Gasteiger partial charge in [0, 0.05) is 5.69 Å². The number of aromatic nitrogens is 2. The lowest BCUT2D eigenvalue weighted by atomic mass is 10.1. The molecule has 2 aromatic rings. The maximum Gasteiger partial charge on any atom is 0.336 e. The molecule has 2 rings (SSSR count). The van der Waals surface area contributed by atoms with Gasteiger partial charge in [-0.15, -0.1) is 0 Å². The fourth-order valence-corrected chi connectivity index (χ4v) is 1.54. The van der Waals surface area contributed by atoms with Crippen LogP contribution in [0.1, 0.15) is 28.7 Å². The van der Waals surface area contributed by atoms with Crippen LogP contribution in [-0.2, 0) is 6.42 Å². The van der Waals surface area contributed by atoms with Crippen molar-refractivity contribution in [3.63, 3.8) is 0 Å². The van der Waals surface area contributed by atoms with Crippen molar-refractivity contribution in [2.75, 3.05) is 0 Å². The summed E-state index contributed by atoms with van der Waals surface area (Å²) in [6.07, 6.45) is 0.623. The van der Waals surface area contributed by atoms with E-state index < -0.39 is 5.97 Å². The first-order chi connectivity index (χ1) is 7.13. The van der Waals surface area contributed by atoms with Gasteiger partial charge in [-0.3, -0.25) is 0 Å². The predicted octanol–water partition coefficient (Wildman–Crippen LogP) is 1.79. The number of rotatable bonds is 2. The molecule has 0 atom stereocenters. The minimum absolute atomic E-state index is 0.204. The van der Waals surface area contributed by atoms with Crippen molar-refractivity contribution in [2.45, 2.75) is 20.3 Å². The monoisotopic (exact) mass is 206 g/mol. The average Bonchev–Trinajstić information content (AvgIpc) is 2.58. The van der Waals surface area contributed by atoms with Crippen LogP contribution in [0.5, 0.6) is 0 Å². The Morgan fingerprint density at radius 3 is 2.93 bits per heavy atom. The van der Waals surface area contributed by atoms with Crippen LogP contribution in [0.4, 0.5) is 0 Å². The van der Waals surface area contributed by atoms with Gasteiger partial charge in [-0.1, -0.05) is 12.1 Å². The zero-order chi connectivity index (χ0) is 11.0. The van der Waals surface area contributed by atoms with Crippen molar-refractivity contribution >= 4 is 17.1 Å². The highest BCUT2D eigenvalue weighted by molar-refractivity contribution is 6.02. The minimum atomic E-state index is -0.983. The largest absolute Gasteiger partial charge is 0.478 e. The van der Waals surface area contributed by atoms with Crippen LogP contribution in [0.3, 0.4) is 0 Å². The number of aromatic carboxylic acids is 1. The molecule has 0 aliphatic carbocycles. The smallest absolute Gasteiger partial charge is 0.336 e. The van der Waals surface area contributed by atoms with Crippen molar-refractivity contribution in [2.24, 2.45) is 0 Å². The number of carbonyl (C=O) groups is 1. The second kappa shape index (κ2) is 3.34. The van der Waals surface area contributed by atoms with E-state index in [1.54, 1.807) is 6.92 Å². The fourth-order valence-electron chi connectivity index (χ4n) is 1.54. The van der Waals surface area contributed by atoms with Gasteiger partial charge >= 0.3 is 5.97 Å². The topological polar surface area (TPSA) is 76.2 Å². The number of nitrogens with zero attached hydrogens (tertiary/aromatic N) is 2. The summed E-state index contributed by atoms with van der Waals surface area (Å²) in [5, 5.41) is 13.4. The van der Waals surface area contributed by atoms with Crippen LogP contribution in [0.15, 0.2) is 10.6 Å². The molecule has 5 nitrogen and oxygen atoms in total. The number of aryl methyl sites for hydroxylation is 2. The molecular weight excluding hydrogens is 196 g/mol. The molecule has 0 fully saturated rings. The van der Waals surface area contributed by atoms with E-state index in [-0.39, 0.29) is 5.56 Å². The zero-order valence-corrected chi connectivity index (χ0v) is 8.44. The first kappa shape index (κ1) is 9.64. The number of pyridine rings is 1. The summed E-state index contributed by atoms with van der Waals surface area (Å²) in [7, 11) is 0. The highest BCUT2D eigenvalue weighted by Gasteiger charge is 2.17. The molecule has 0 amide bonds. The molecule has 0 unspecified atom stereocenters. The van der Waals surface area contributed by atoms with Gasteiger partial charge in [0.2, 0.25) is 0 Å². The van der Waals surface area contributed by atoms with E-state index in [0.717, 1.165) is 0 Å². The second-order valence-electron chi connectivity index (χ2n) is 3.28. The third-order valence-electron chi connectivity index (χ3n) is 2.21. The third kappa shape index (κ3) is 1.45. The normalized spacial score (nSPS) is 10.8. The quantitative estimate of drug-likeness (QED) is 0.810.